The van der Waals surface area contributed by atoms with Gasteiger partial charge in [0.2, 0.25) is 0 Å². The van der Waals surface area contributed by atoms with Crippen molar-refractivity contribution in [1.29, 1.82) is 0 Å². The summed E-state index contributed by atoms with van der Waals surface area (Å²) in [7, 11) is 0. The highest BCUT2D eigenvalue weighted by molar-refractivity contribution is 5.76. The number of carbonyl (C=O) groups is 1. The Morgan fingerprint density at radius 2 is 1.95 bits per heavy atom. The number of piperazine rings is 1. The lowest BCUT2D eigenvalue weighted by Crippen LogP contribution is -2.53. The maximum absolute atomic E-state index is 11.5. The summed E-state index contributed by atoms with van der Waals surface area (Å²) in [5.74, 6) is 0. The molecular formula is C14H29N5O. The van der Waals surface area contributed by atoms with Crippen LogP contribution in [0.4, 0.5) is 4.79 Å². The zero-order chi connectivity index (χ0) is 14.4. The molecule has 0 aliphatic carbocycles. The number of carbonyl (C=O) groups excluding carboxylic acids is 1. The van der Waals surface area contributed by atoms with Crippen molar-refractivity contribution in [2.45, 2.75) is 25.8 Å². The van der Waals surface area contributed by atoms with Crippen LogP contribution >= 0.6 is 0 Å². The highest BCUT2D eigenvalue weighted by Crippen LogP contribution is 2.10. The molecule has 2 rings (SSSR count). The van der Waals surface area contributed by atoms with Gasteiger partial charge in [0.15, 0.2) is 0 Å². The second-order valence-electron chi connectivity index (χ2n) is 5.77. The summed E-state index contributed by atoms with van der Waals surface area (Å²) < 4.78 is 0. The van der Waals surface area contributed by atoms with E-state index in [1.54, 1.807) is 0 Å². The van der Waals surface area contributed by atoms with Crippen molar-refractivity contribution >= 4 is 6.03 Å². The molecule has 0 spiro atoms. The van der Waals surface area contributed by atoms with Gasteiger partial charge in [0.25, 0.3) is 0 Å². The third-order valence-corrected chi connectivity index (χ3v) is 4.45. The first-order valence-corrected chi connectivity index (χ1v) is 7.93. The Morgan fingerprint density at radius 1 is 1.20 bits per heavy atom. The first-order valence-electron chi connectivity index (χ1n) is 7.93. The number of amides is 2. The Hall–Kier alpha value is -0.850. The number of nitrogens with one attached hydrogen (secondary N) is 1. The van der Waals surface area contributed by atoms with Crippen LogP contribution in [0, 0.1) is 0 Å². The highest BCUT2D eigenvalue weighted by Gasteiger charge is 2.24. The van der Waals surface area contributed by atoms with Gasteiger partial charge in [-0.3, -0.25) is 9.80 Å². The molecule has 1 atom stereocenters. The topological polar surface area (TPSA) is 64.8 Å². The van der Waals surface area contributed by atoms with E-state index in [0.717, 1.165) is 58.9 Å². The molecule has 116 valence electrons. The standard InChI is InChI=1S/C14H29N5O/c1-2-3-13(12-15)18-9-6-17(7-10-18)8-11-19-5-4-16-14(19)20/h13H,2-12,15H2,1H3,(H,16,20). The third-order valence-electron chi connectivity index (χ3n) is 4.45. The first kappa shape index (κ1) is 15.5. The van der Waals surface area contributed by atoms with Crippen LogP contribution in [-0.2, 0) is 0 Å². The fraction of sp³-hybridized carbons (Fsp3) is 0.929. The fourth-order valence-electron chi connectivity index (χ4n) is 3.12. The fourth-order valence-corrected chi connectivity index (χ4v) is 3.12. The molecule has 0 saturated carbocycles. The van der Waals surface area contributed by atoms with E-state index < -0.39 is 0 Å². The zero-order valence-electron chi connectivity index (χ0n) is 12.7. The van der Waals surface area contributed by atoms with Gasteiger partial charge in [-0.05, 0) is 6.42 Å². The number of rotatable bonds is 7. The van der Waals surface area contributed by atoms with Gasteiger partial charge in [-0.2, -0.15) is 0 Å². The van der Waals surface area contributed by atoms with E-state index in [1.165, 1.54) is 12.8 Å². The Balaban J connectivity index is 1.67. The summed E-state index contributed by atoms with van der Waals surface area (Å²) in [6, 6.07) is 0.640. The van der Waals surface area contributed by atoms with Crippen molar-refractivity contribution in [2.24, 2.45) is 5.73 Å². The van der Waals surface area contributed by atoms with Crippen molar-refractivity contribution in [3.8, 4) is 0 Å². The Labute approximate surface area is 122 Å². The molecule has 2 saturated heterocycles. The monoisotopic (exact) mass is 283 g/mol. The largest absolute Gasteiger partial charge is 0.336 e. The summed E-state index contributed by atoms with van der Waals surface area (Å²) >= 11 is 0. The van der Waals surface area contributed by atoms with E-state index in [9.17, 15) is 4.79 Å². The normalized spacial score (nSPS) is 23.1. The minimum Gasteiger partial charge on any atom is -0.336 e. The Bertz CT molecular complexity index is 304. The molecule has 0 bridgehead atoms. The minimum atomic E-state index is 0.0924. The molecular weight excluding hydrogens is 254 g/mol. The van der Waals surface area contributed by atoms with Gasteiger partial charge in [-0.1, -0.05) is 13.3 Å². The summed E-state index contributed by atoms with van der Waals surface area (Å²) in [5.41, 5.74) is 5.87. The Morgan fingerprint density at radius 3 is 2.50 bits per heavy atom. The van der Waals surface area contributed by atoms with Crippen molar-refractivity contribution in [1.82, 2.24) is 20.0 Å². The van der Waals surface area contributed by atoms with Crippen LogP contribution in [0.15, 0.2) is 0 Å². The maximum Gasteiger partial charge on any atom is 0.317 e. The third kappa shape index (κ3) is 4.07. The quantitative estimate of drug-likeness (QED) is 0.677. The van der Waals surface area contributed by atoms with E-state index in [0.29, 0.717) is 6.04 Å². The lowest BCUT2D eigenvalue weighted by molar-refractivity contribution is 0.0903. The SMILES string of the molecule is CCCC(CN)N1CCN(CCN2CCNC2=O)CC1. The van der Waals surface area contributed by atoms with Crippen LogP contribution in [0.5, 0.6) is 0 Å². The first-order chi connectivity index (χ1) is 9.74. The molecule has 0 radical (unpaired) electrons. The predicted octanol–water partition coefficient (Wildman–Crippen LogP) is -0.243. The number of hydrogen-bond donors (Lipinski definition) is 2. The van der Waals surface area contributed by atoms with Crippen LogP contribution in [0.2, 0.25) is 0 Å². The predicted molar refractivity (Wildman–Crippen MR) is 80.7 cm³/mol. The molecule has 2 fully saturated rings. The number of urea groups is 1. The second kappa shape index (κ2) is 7.81. The Kier molecular flexibility index (Phi) is 6.06. The van der Waals surface area contributed by atoms with Gasteiger partial charge in [0, 0.05) is 64.9 Å². The molecule has 0 aromatic heterocycles. The van der Waals surface area contributed by atoms with Crippen molar-refractivity contribution in [3.05, 3.63) is 0 Å². The second-order valence-corrected chi connectivity index (χ2v) is 5.77. The average Bonchev–Trinajstić information content (AvgIpc) is 2.89. The van der Waals surface area contributed by atoms with Crippen LogP contribution in [0.1, 0.15) is 19.8 Å². The molecule has 2 aliphatic rings. The summed E-state index contributed by atoms with van der Waals surface area (Å²) in [6.07, 6.45) is 2.40. The highest BCUT2D eigenvalue weighted by atomic mass is 16.2. The van der Waals surface area contributed by atoms with E-state index in [-0.39, 0.29) is 6.03 Å². The van der Waals surface area contributed by atoms with E-state index >= 15 is 0 Å². The molecule has 2 amide bonds. The van der Waals surface area contributed by atoms with E-state index in [4.69, 9.17) is 5.73 Å². The maximum atomic E-state index is 11.5. The summed E-state index contributed by atoms with van der Waals surface area (Å²) in [4.78, 5) is 18.4. The molecule has 20 heavy (non-hydrogen) atoms. The molecule has 2 aliphatic heterocycles. The number of nitrogens with two attached hydrogens (primary N) is 1. The average molecular weight is 283 g/mol. The molecule has 6 nitrogen and oxygen atoms in total. The van der Waals surface area contributed by atoms with Gasteiger partial charge in [0.05, 0.1) is 0 Å². The number of hydrogen-bond acceptors (Lipinski definition) is 4. The molecule has 0 aromatic rings. The smallest absolute Gasteiger partial charge is 0.317 e. The number of nitrogens with zero attached hydrogens (tertiary/aromatic N) is 3. The van der Waals surface area contributed by atoms with Crippen molar-refractivity contribution in [2.75, 3.05) is 58.9 Å². The molecule has 3 N–H and O–H groups in total. The van der Waals surface area contributed by atoms with Gasteiger partial charge in [0.1, 0.15) is 0 Å². The summed E-state index contributed by atoms with van der Waals surface area (Å²) in [6.45, 7) is 10.9. The van der Waals surface area contributed by atoms with Crippen LogP contribution in [0.25, 0.3) is 0 Å². The molecule has 1 unspecified atom stereocenters. The lowest BCUT2D eigenvalue weighted by Gasteiger charge is -2.39. The van der Waals surface area contributed by atoms with Crippen molar-refractivity contribution in [3.63, 3.8) is 0 Å². The van der Waals surface area contributed by atoms with Gasteiger partial charge in [-0.25, -0.2) is 4.79 Å². The molecule has 2 heterocycles. The van der Waals surface area contributed by atoms with Gasteiger partial charge >= 0.3 is 6.03 Å². The molecule has 6 heteroatoms. The summed E-state index contributed by atoms with van der Waals surface area (Å²) in [5, 5.41) is 2.85. The van der Waals surface area contributed by atoms with Crippen LogP contribution in [0.3, 0.4) is 0 Å². The lowest BCUT2D eigenvalue weighted by atomic mass is 10.1. The van der Waals surface area contributed by atoms with Gasteiger partial charge in [-0.15, -0.1) is 0 Å². The minimum absolute atomic E-state index is 0.0924. The van der Waals surface area contributed by atoms with Crippen LogP contribution in [-0.4, -0.2) is 85.7 Å². The van der Waals surface area contributed by atoms with E-state index in [1.807, 2.05) is 4.90 Å². The zero-order valence-corrected chi connectivity index (χ0v) is 12.7. The van der Waals surface area contributed by atoms with Crippen molar-refractivity contribution < 1.29 is 4.79 Å². The van der Waals surface area contributed by atoms with Gasteiger partial charge < -0.3 is 16.0 Å². The van der Waals surface area contributed by atoms with E-state index in [2.05, 4.69) is 22.0 Å². The van der Waals surface area contributed by atoms with Crippen LogP contribution < -0.4 is 11.1 Å². The molecule has 0 aromatic carbocycles.